The fraction of sp³-hybridized carbons (Fsp3) is 0.389. The third-order valence-corrected chi connectivity index (χ3v) is 4.77. The summed E-state index contributed by atoms with van der Waals surface area (Å²) in [4.78, 5) is 37.8. The molecule has 140 valence electrons. The second-order valence-electron chi connectivity index (χ2n) is 7.42. The number of hydrogen-bond donors (Lipinski definition) is 1. The molecule has 9 heteroatoms. The molecule has 1 aliphatic rings. The molecule has 3 aromatic rings. The Morgan fingerprint density at radius 3 is 2.78 bits per heavy atom. The number of carbonyl (C=O) groups excluding carboxylic acids is 1. The summed E-state index contributed by atoms with van der Waals surface area (Å²) in [6, 6.07) is 3.79. The van der Waals surface area contributed by atoms with Gasteiger partial charge in [0.05, 0.1) is 11.9 Å². The second-order valence-corrected chi connectivity index (χ2v) is 8.40. The van der Waals surface area contributed by atoms with Crippen LogP contribution in [0.15, 0.2) is 29.3 Å². The molecule has 1 saturated carbocycles. The van der Waals surface area contributed by atoms with Crippen molar-refractivity contribution in [3.05, 3.63) is 34.9 Å². The zero-order valence-corrected chi connectivity index (χ0v) is 16.0. The van der Waals surface area contributed by atoms with Gasteiger partial charge < -0.3 is 9.30 Å². The van der Waals surface area contributed by atoms with Gasteiger partial charge in [0.25, 0.3) is 5.56 Å². The summed E-state index contributed by atoms with van der Waals surface area (Å²) < 4.78 is 6.97. The average Bonchev–Trinajstić information content (AvgIpc) is 3.32. The Hall–Kier alpha value is -2.81. The summed E-state index contributed by atoms with van der Waals surface area (Å²) in [5.74, 6) is 0. The van der Waals surface area contributed by atoms with Crippen LogP contribution in [0.4, 0.5) is 9.93 Å². The SMILES string of the molecule is CC(C)(C)OC(=O)Nc1nc2ncc(-c3ccn(C4CC4)c(=O)c3)nc2s1. The van der Waals surface area contributed by atoms with Crippen LogP contribution < -0.4 is 10.9 Å². The largest absolute Gasteiger partial charge is 0.444 e. The molecule has 0 atom stereocenters. The minimum absolute atomic E-state index is 0.0338. The van der Waals surface area contributed by atoms with E-state index in [1.54, 1.807) is 37.6 Å². The van der Waals surface area contributed by atoms with Gasteiger partial charge in [-0.05, 0) is 39.7 Å². The van der Waals surface area contributed by atoms with Crippen molar-refractivity contribution in [2.24, 2.45) is 0 Å². The van der Waals surface area contributed by atoms with E-state index in [1.165, 1.54) is 11.3 Å². The standard InChI is InChI=1S/C18H19N5O3S/c1-18(2,3)26-17(25)22-16-21-14-15(27-16)20-12(9-19-14)10-6-7-23(11-4-5-11)13(24)8-10/h6-9,11H,4-5H2,1-3H3,(H,19,21,22,25). The number of nitrogens with one attached hydrogen (secondary N) is 1. The summed E-state index contributed by atoms with van der Waals surface area (Å²) in [7, 11) is 0. The molecule has 1 N–H and O–H groups in total. The van der Waals surface area contributed by atoms with Crippen molar-refractivity contribution < 1.29 is 9.53 Å². The number of hydrogen-bond acceptors (Lipinski definition) is 7. The molecule has 8 nitrogen and oxygen atoms in total. The van der Waals surface area contributed by atoms with E-state index in [9.17, 15) is 9.59 Å². The van der Waals surface area contributed by atoms with Crippen molar-refractivity contribution in [3.63, 3.8) is 0 Å². The summed E-state index contributed by atoms with van der Waals surface area (Å²) in [5, 5.41) is 2.96. The van der Waals surface area contributed by atoms with E-state index < -0.39 is 11.7 Å². The van der Waals surface area contributed by atoms with Crippen molar-refractivity contribution in [2.75, 3.05) is 5.32 Å². The topological polar surface area (TPSA) is 99.0 Å². The monoisotopic (exact) mass is 385 g/mol. The maximum absolute atomic E-state index is 12.2. The van der Waals surface area contributed by atoms with Gasteiger partial charge in [0.1, 0.15) is 5.60 Å². The molecular formula is C18H19N5O3S. The molecule has 1 aliphatic carbocycles. The molecule has 3 aromatic heterocycles. The normalized spacial score (nSPS) is 14.3. The van der Waals surface area contributed by atoms with Crippen molar-refractivity contribution in [1.82, 2.24) is 19.5 Å². The summed E-state index contributed by atoms with van der Waals surface area (Å²) in [6.45, 7) is 5.37. The van der Waals surface area contributed by atoms with Gasteiger partial charge in [-0.1, -0.05) is 11.3 Å². The zero-order chi connectivity index (χ0) is 19.2. The fourth-order valence-corrected chi connectivity index (χ4v) is 3.39. The lowest BCUT2D eigenvalue weighted by Gasteiger charge is -2.18. The fourth-order valence-electron chi connectivity index (χ4n) is 2.61. The predicted molar refractivity (Wildman–Crippen MR) is 103 cm³/mol. The number of fused-ring (bicyclic) bond motifs is 1. The highest BCUT2D eigenvalue weighted by atomic mass is 32.1. The Bertz CT molecular complexity index is 1080. The van der Waals surface area contributed by atoms with Gasteiger partial charge in [0.15, 0.2) is 15.6 Å². The lowest BCUT2D eigenvalue weighted by atomic mass is 10.2. The minimum atomic E-state index is -0.592. The van der Waals surface area contributed by atoms with Gasteiger partial charge in [-0.2, -0.15) is 4.98 Å². The molecule has 0 bridgehead atoms. The molecule has 1 fully saturated rings. The number of pyridine rings is 1. The molecule has 0 radical (unpaired) electrons. The average molecular weight is 385 g/mol. The van der Waals surface area contributed by atoms with E-state index in [0.29, 0.717) is 32.9 Å². The van der Waals surface area contributed by atoms with Crippen molar-refractivity contribution >= 4 is 33.0 Å². The van der Waals surface area contributed by atoms with Crippen molar-refractivity contribution in [2.45, 2.75) is 45.3 Å². The van der Waals surface area contributed by atoms with E-state index >= 15 is 0 Å². The van der Waals surface area contributed by atoms with Crippen LogP contribution in [-0.2, 0) is 4.74 Å². The lowest BCUT2D eigenvalue weighted by Crippen LogP contribution is -2.27. The van der Waals surface area contributed by atoms with Gasteiger partial charge in [-0.3, -0.25) is 10.1 Å². The predicted octanol–water partition coefficient (Wildman–Crippen LogP) is 3.60. The van der Waals surface area contributed by atoms with Gasteiger partial charge >= 0.3 is 6.09 Å². The Kier molecular flexibility index (Phi) is 4.18. The van der Waals surface area contributed by atoms with Crippen LogP contribution in [0.5, 0.6) is 0 Å². The molecule has 0 unspecified atom stereocenters. The minimum Gasteiger partial charge on any atom is -0.444 e. The first-order valence-electron chi connectivity index (χ1n) is 8.65. The molecule has 0 aromatic carbocycles. The number of amides is 1. The maximum atomic E-state index is 12.2. The van der Waals surface area contributed by atoms with Crippen molar-refractivity contribution in [1.29, 1.82) is 0 Å². The third kappa shape index (κ3) is 3.97. The smallest absolute Gasteiger partial charge is 0.413 e. The van der Waals surface area contributed by atoms with Crippen molar-refractivity contribution in [3.8, 4) is 11.3 Å². The molecule has 0 saturated heterocycles. The number of rotatable bonds is 3. The summed E-state index contributed by atoms with van der Waals surface area (Å²) in [5.41, 5.74) is 1.11. The number of thiazole rings is 1. The number of aromatic nitrogens is 4. The Morgan fingerprint density at radius 2 is 2.11 bits per heavy atom. The Labute approximate surface area is 159 Å². The first kappa shape index (κ1) is 17.6. The molecule has 0 aliphatic heterocycles. The molecule has 1 amide bonds. The molecule has 27 heavy (non-hydrogen) atoms. The van der Waals surface area contributed by atoms with Crippen LogP contribution >= 0.6 is 11.3 Å². The molecule has 3 heterocycles. The first-order valence-corrected chi connectivity index (χ1v) is 9.46. The van der Waals surface area contributed by atoms with E-state index in [4.69, 9.17) is 4.74 Å². The van der Waals surface area contributed by atoms with E-state index in [-0.39, 0.29) is 5.56 Å². The quantitative estimate of drug-likeness (QED) is 0.740. The van der Waals surface area contributed by atoms with E-state index in [0.717, 1.165) is 12.8 Å². The van der Waals surface area contributed by atoms with E-state index in [2.05, 4.69) is 20.3 Å². The molecule has 4 rings (SSSR count). The summed E-state index contributed by atoms with van der Waals surface area (Å²) >= 11 is 1.20. The Morgan fingerprint density at radius 1 is 1.33 bits per heavy atom. The lowest BCUT2D eigenvalue weighted by molar-refractivity contribution is 0.0636. The number of carbonyl (C=O) groups is 1. The van der Waals surface area contributed by atoms with Gasteiger partial charge in [0.2, 0.25) is 0 Å². The Balaban J connectivity index is 1.58. The van der Waals surface area contributed by atoms with E-state index in [1.807, 2.05) is 12.3 Å². The van der Waals surface area contributed by atoms with Gasteiger partial charge in [-0.15, -0.1) is 0 Å². The molecular weight excluding hydrogens is 366 g/mol. The first-order chi connectivity index (χ1) is 12.8. The number of ether oxygens (including phenoxy) is 1. The molecule has 0 spiro atoms. The third-order valence-electron chi connectivity index (χ3n) is 3.92. The van der Waals surface area contributed by atoms with Crippen LogP contribution in [0.2, 0.25) is 0 Å². The summed E-state index contributed by atoms with van der Waals surface area (Å²) in [6.07, 6.45) is 4.92. The highest BCUT2D eigenvalue weighted by Gasteiger charge is 2.24. The second kappa shape index (κ2) is 6.41. The van der Waals surface area contributed by atoms with Crippen LogP contribution in [0.25, 0.3) is 21.7 Å². The van der Waals surface area contributed by atoms with Crippen LogP contribution in [0.1, 0.15) is 39.7 Å². The van der Waals surface area contributed by atoms with Gasteiger partial charge in [-0.25, -0.2) is 14.8 Å². The van der Waals surface area contributed by atoms with Gasteiger partial charge in [0, 0.05) is 23.9 Å². The zero-order valence-electron chi connectivity index (χ0n) is 15.2. The highest BCUT2D eigenvalue weighted by molar-refractivity contribution is 7.21. The number of nitrogens with zero attached hydrogens (tertiary/aromatic N) is 4. The van der Waals surface area contributed by atoms with Crippen LogP contribution in [0.3, 0.4) is 0 Å². The number of anilines is 1. The van der Waals surface area contributed by atoms with Crippen LogP contribution in [0, 0.1) is 0 Å². The van der Waals surface area contributed by atoms with Crippen LogP contribution in [-0.4, -0.2) is 31.2 Å². The maximum Gasteiger partial charge on any atom is 0.413 e. The highest BCUT2D eigenvalue weighted by Crippen LogP contribution is 2.33.